The molecule has 0 saturated heterocycles. The number of carbonyl (C=O) groups excluding carboxylic acids is 1. The topological polar surface area (TPSA) is 67.2 Å². The lowest BCUT2D eigenvalue weighted by molar-refractivity contribution is 0.102. The highest BCUT2D eigenvalue weighted by atomic mass is 16.2. The van der Waals surface area contributed by atoms with Crippen LogP contribution < -0.4 is 15.8 Å². The van der Waals surface area contributed by atoms with Crippen LogP contribution in [0.1, 0.15) is 23.0 Å². The first-order valence-electron chi connectivity index (χ1n) is 10.4. The minimum absolute atomic E-state index is 0.191. The molecule has 0 unspecified atom stereocenters. The molecule has 0 bridgehead atoms. The van der Waals surface area contributed by atoms with Crippen LogP contribution in [-0.4, -0.2) is 22.2 Å². The van der Waals surface area contributed by atoms with E-state index in [0.717, 1.165) is 24.3 Å². The Hall–Kier alpha value is -3.93. The molecule has 31 heavy (non-hydrogen) atoms. The molecule has 0 spiro atoms. The fraction of sp³-hybridized carbons (Fsp3) is 0.160. The minimum Gasteiger partial charge on any atom is -0.339 e. The zero-order valence-corrected chi connectivity index (χ0v) is 17.2. The van der Waals surface area contributed by atoms with E-state index in [1.54, 1.807) is 18.2 Å². The number of anilines is 3. The van der Waals surface area contributed by atoms with Crippen LogP contribution in [0, 0.1) is 0 Å². The Morgan fingerprint density at radius 3 is 2.42 bits per heavy atom. The number of fused-ring (bicyclic) bond motifs is 2. The van der Waals surface area contributed by atoms with Gasteiger partial charge in [0, 0.05) is 24.2 Å². The largest absolute Gasteiger partial charge is 0.339 e. The molecule has 6 nitrogen and oxygen atoms in total. The Kier molecular flexibility index (Phi) is 4.75. The van der Waals surface area contributed by atoms with Crippen molar-refractivity contribution in [2.45, 2.75) is 19.9 Å². The zero-order valence-electron chi connectivity index (χ0n) is 17.2. The van der Waals surface area contributed by atoms with Gasteiger partial charge < -0.3 is 10.2 Å². The van der Waals surface area contributed by atoms with Crippen LogP contribution in [0.4, 0.5) is 17.1 Å². The summed E-state index contributed by atoms with van der Waals surface area (Å²) in [6, 6.07) is 23.2. The van der Waals surface area contributed by atoms with Crippen molar-refractivity contribution >= 4 is 33.7 Å². The molecule has 1 aliphatic heterocycles. The van der Waals surface area contributed by atoms with Gasteiger partial charge in [-0.3, -0.25) is 9.59 Å². The molecular formula is C25H22N4O2. The van der Waals surface area contributed by atoms with E-state index in [1.165, 1.54) is 10.2 Å². The zero-order chi connectivity index (χ0) is 21.4. The first kappa shape index (κ1) is 19.1. The molecule has 6 heteroatoms. The second-order valence-corrected chi connectivity index (χ2v) is 7.52. The van der Waals surface area contributed by atoms with E-state index in [4.69, 9.17) is 0 Å². The number of nitrogens with one attached hydrogen (secondary N) is 1. The predicted molar refractivity (Wildman–Crippen MR) is 123 cm³/mol. The molecular weight excluding hydrogens is 388 g/mol. The van der Waals surface area contributed by atoms with Gasteiger partial charge in [0.2, 0.25) is 0 Å². The predicted octanol–water partition coefficient (Wildman–Crippen LogP) is 4.36. The van der Waals surface area contributed by atoms with Crippen LogP contribution >= 0.6 is 0 Å². The summed E-state index contributed by atoms with van der Waals surface area (Å²) in [6.07, 6.45) is 0.964. The number of rotatable bonds is 4. The molecule has 5 rings (SSSR count). The van der Waals surface area contributed by atoms with Crippen molar-refractivity contribution in [3.05, 3.63) is 94.4 Å². The molecule has 3 aromatic carbocycles. The van der Waals surface area contributed by atoms with Gasteiger partial charge in [0.05, 0.1) is 16.8 Å². The fourth-order valence-electron chi connectivity index (χ4n) is 4.20. The molecule has 1 N–H and O–H groups in total. The Balaban J connectivity index is 1.55. The van der Waals surface area contributed by atoms with Crippen molar-refractivity contribution < 1.29 is 4.79 Å². The fourth-order valence-corrected chi connectivity index (χ4v) is 4.20. The number of hydrogen-bond acceptors (Lipinski definition) is 4. The highest BCUT2D eigenvalue weighted by molar-refractivity contribution is 6.12. The lowest BCUT2D eigenvalue weighted by Gasteiger charge is -2.23. The van der Waals surface area contributed by atoms with E-state index in [2.05, 4.69) is 33.5 Å². The maximum Gasteiger partial charge on any atom is 0.276 e. The van der Waals surface area contributed by atoms with Crippen molar-refractivity contribution in [3.63, 3.8) is 0 Å². The van der Waals surface area contributed by atoms with E-state index in [1.807, 2.05) is 43.3 Å². The summed E-state index contributed by atoms with van der Waals surface area (Å²) in [5, 5.41) is 8.44. The second-order valence-electron chi connectivity index (χ2n) is 7.52. The lowest BCUT2D eigenvalue weighted by atomic mass is 10.1. The molecule has 154 valence electrons. The monoisotopic (exact) mass is 410 g/mol. The minimum atomic E-state index is -0.335. The Labute approximate surface area is 179 Å². The maximum absolute atomic E-state index is 13.3. The van der Waals surface area contributed by atoms with E-state index < -0.39 is 0 Å². The van der Waals surface area contributed by atoms with Crippen molar-refractivity contribution in [2.24, 2.45) is 0 Å². The quantitative estimate of drug-likeness (QED) is 0.543. The van der Waals surface area contributed by atoms with Gasteiger partial charge in [-0.2, -0.15) is 5.10 Å². The van der Waals surface area contributed by atoms with Gasteiger partial charge in [-0.1, -0.05) is 48.5 Å². The number of carbonyl (C=O) groups is 1. The number of aryl methyl sites for hydroxylation is 1. The summed E-state index contributed by atoms with van der Waals surface area (Å²) in [7, 11) is 0. The number of benzene rings is 3. The maximum atomic E-state index is 13.3. The first-order chi connectivity index (χ1) is 15.2. The van der Waals surface area contributed by atoms with Crippen LogP contribution in [0.5, 0.6) is 0 Å². The third-order valence-electron chi connectivity index (χ3n) is 5.71. The van der Waals surface area contributed by atoms with Crippen molar-refractivity contribution in [1.82, 2.24) is 9.78 Å². The molecule has 0 aliphatic carbocycles. The van der Waals surface area contributed by atoms with Crippen molar-refractivity contribution in [2.75, 3.05) is 16.8 Å². The van der Waals surface area contributed by atoms with E-state index in [0.29, 0.717) is 23.0 Å². The van der Waals surface area contributed by atoms with Crippen LogP contribution in [0.25, 0.3) is 10.8 Å². The van der Waals surface area contributed by atoms with E-state index in [-0.39, 0.29) is 17.2 Å². The molecule has 1 aliphatic rings. The summed E-state index contributed by atoms with van der Waals surface area (Å²) in [5.41, 5.74) is 4.16. The van der Waals surface area contributed by atoms with E-state index in [9.17, 15) is 9.59 Å². The van der Waals surface area contributed by atoms with Gasteiger partial charge in [0.15, 0.2) is 5.69 Å². The highest BCUT2D eigenvalue weighted by Crippen LogP contribution is 2.38. The van der Waals surface area contributed by atoms with Gasteiger partial charge in [-0.05, 0) is 43.2 Å². The summed E-state index contributed by atoms with van der Waals surface area (Å²) in [6.45, 7) is 3.09. The van der Waals surface area contributed by atoms with Gasteiger partial charge >= 0.3 is 0 Å². The summed E-state index contributed by atoms with van der Waals surface area (Å²) in [5.74, 6) is -0.335. The first-order valence-corrected chi connectivity index (χ1v) is 10.4. The number of aromatic nitrogens is 2. The summed E-state index contributed by atoms with van der Waals surface area (Å²) < 4.78 is 1.33. The van der Waals surface area contributed by atoms with Crippen LogP contribution in [0.15, 0.2) is 77.6 Å². The SMILES string of the molecule is CCn1nc(C(=O)Nc2ccccc2N2CCc3ccccc32)c2ccccc2c1=O. The number of nitrogens with zero attached hydrogens (tertiary/aromatic N) is 3. The standard InChI is InChI=1S/C25H22N4O2/c1-2-29-25(31)19-11-5-4-10-18(19)23(27-29)24(30)26-20-12-6-8-14-22(20)28-16-15-17-9-3-7-13-21(17)28/h3-14H,2,15-16H2,1H3,(H,26,30). The van der Waals surface area contributed by atoms with Crippen molar-refractivity contribution in [3.8, 4) is 0 Å². The molecule has 1 amide bonds. The Morgan fingerprint density at radius 1 is 0.935 bits per heavy atom. The average molecular weight is 410 g/mol. The smallest absolute Gasteiger partial charge is 0.276 e. The highest BCUT2D eigenvalue weighted by Gasteiger charge is 2.23. The van der Waals surface area contributed by atoms with Gasteiger partial charge in [-0.25, -0.2) is 4.68 Å². The molecule has 0 fully saturated rings. The molecule has 4 aromatic rings. The summed E-state index contributed by atoms with van der Waals surface area (Å²) >= 11 is 0. The molecule has 0 saturated carbocycles. The third-order valence-corrected chi connectivity index (χ3v) is 5.71. The van der Waals surface area contributed by atoms with Crippen LogP contribution in [0.3, 0.4) is 0 Å². The molecule has 0 radical (unpaired) electrons. The van der Waals surface area contributed by atoms with Gasteiger partial charge in [-0.15, -0.1) is 0 Å². The Morgan fingerprint density at radius 2 is 1.61 bits per heavy atom. The van der Waals surface area contributed by atoms with Gasteiger partial charge in [0.25, 0.3) is 11.5 Å². The Bertz CT molecular complexity index is 1360. The number of para-hydroxylation sites is 3. The van der Waals surface area contributed by atoms with Crippen LogP contribution in [0.2, 0.25) is 0 Å². The third kappa shape index (κ3) is 3.26. The lowest BCUT2D eigenvalue weighted by Crippen LogP contribution is -2.27. The number of hydrogen-bond donors (Lipinski definition) is 1. The second kappa shape index (κ2) is 7.72. The number of amides is 1. The van der Waals surface area contributed by atoms with Crippen LogP contribution in [-0.2, 0) is 13.0 Å². The van der Waals surface area contributed by atoms with E-state index >= 15 is 0 Å². The average Bonchev–Trinajstić information content (AvgIpc) is 3.24. The van der Waals surface area contributed by atoms with Crippen molar-refractivity contribution in [1.29, 1.82) is 0 Å². The van der Waals surface area contributed by atoms with Gasteiger partial charge in [0.1, 0.15) is 0 Å². The molecule has 0 atom stereocenters. The molecule has 1 aromatic heterocycles. The summed E-state index contributed by atoms with van der Waals surface area (Å²) in [4.78, 5) is 28.1. The normalized spacial score (nSPS) is 12.7. The molecule has 2 heterocycles.